The first-order valence-electron chi connectivity index (χ1n) is 17.5. The summed E-state index contributed by atoms with van der Waals surface area (Å²) in [5.74, 6) is 3.91. The van der Waals surface area contributed by atoms with Gasteiger partial charge in [0.2, 0.25) is 0 Å². The Bertz CT molecular complexity index is 1160. The molecule has 1 heterocycles. The molecule has 4 nitrogen and oxygen atoms in total. The maximum Gasteiger partial charge on any atom is 0.115 e. The first kappa shape index (κ1) is 29.4. The maximum absolute atomic E-state index is 11.2. The van der Waals surface area contributed by atoms with Gasteiger partial charge in [-0.25, -0.2) is 0 Å². The number of ether oxygens (including phenoxy) is 1. The Morgan fingerprint density at radius 3 is 2.50 bits per heavy atom. The van der Waals surface area contributed by atoms with Crippen LogP contribution in [0.25, 0.3) is 0 Å². The van der Waals surface area contributed by atoms with Crippen molar-refractivity contribution in [3.63, 3.8) is 0 Å². The van der Waals surface area contributed by atoms with Crippen LogP contribution in [0.5, 0.6) is 5.75 Å². The van der Waals surface area contributed by atoms with Crippen molar-refractivity contribution in [1.29, 1.82) is 0 Å². The number of allylic oxidation sites excluding steroid dienone is 1. The average molecular weight is 577 g/mol. The highest BCUT2D eigenvalue weighted by molar-refractivity contribution is 5.27. The summed E-state index contributed by atoms with van der Waals surface area (Å²) in [5.41, 5.74) is 2.86. The van der Waals surface area contributed by atoms with Crippen LogP contribution in [0.4, 0.5) is 0 Å². The quantitative estimate of drug-likeness (QED) is 0.236. The fraction of sp³-hybridized carbons (Fsp3) is 0.789. The van der Waals surface area contributed by atoms with Gasteiger partial charge in [0.05, 0.1) is 23.4 Å². The number of aliphatic hydroxyl groups excluding tert-OH is 1. The summed E-state index contributed by atoms with van der Waals surface area (Å²) < 4.78 is 6.71. The highest BCUT2D eigenvalue weighted by atomic mass is 16.6. The number of phenolic OH excluding ortho intramolecular Hbond substituents is 1. The van der Waals surface area contributed by atoms with Gasteiger partial charge < -0.3 is 20.1 Å². The van der Waals surface area contributed by atoms with Crippen molar-refractivity contribution >= 4 is 0 Å². The molecule has 3 N–H and O–H groups in total. The van der Waals surface area contributed by atoms with E-state index in [2.05, 4.69) is 26.0 Å². The molecule has 11 atom stereocenters. The molecule has 5 saturated carbocycles. The molecule has 0 bridgehead atoms. The number of benzene rings is 1. The first-order valence-corrected chi connectivity index (χ1v) is 17.5. The highest BCUT2D eigenvalue weighted by Gasteiger charge is 2.67. The van der Waals surface area contributed by atoms with E-state index < -0.39 is 5.60 Å². The third-order valence-electron chi connectivity index (χ3n) is 14.0. The van der Waals surface area contributed by atoms with E-state index in [1.807, 2.05) is 12.1 Å². The summed E-state index contributed by atoms with van der Waals surface area (Å²) in [6.07, 6.45) is 18.9. The van der Waals surface area contributed by atoms with Gasteiger partial charge in [-0.15, -0.1) is 0 Å². The summed E-state index contributed by atoms with van der Waals surface area (Å²) in [5, 5.41) is 31.1. The number of hydrogen-bond donors (Lipinski definition) is 3. The van der Waals surface area contributed by atoms with Crippen LogP contribution in [0.1, 0.15) is 122 Å². The third kappa shape index (κ3) is 5.20. The SMILES string of the molecule is C=C1CC2(CCC(CCC3(O)CCCC(O)C3)C2)C2OC2(C)CCC2C1CC2(C)C1CCCC1Cc1ccc(O)cc1. The van der Waals surface area contributed by atoms with E-state index in [0.717, 1.165) is 62.7 Å². The Kier molecular flexibility index (Phi) is 7.43. The molecular weight excluding hydrogens is 520 g/mol. The number of hydrogen-bond acceptors (Lipinski definition) is 4. The number of aliphatic hydroxyl groups is 2. The zero-order chi connectivity index (χ0) is 29.3. The Hall–Kier alpha value is -1.36. The lowest BCUT2D eigenvalue weighted by atomic mass is 9.45. The molecule has 6 aliphatic rings. The summed E-state index contributed by atoms with van der Waals surface area (Å²) in [6, 6.07) is 7.94. The molecule has 1 aromatic rings. The number of fused-ring (bicyclic) bond motifs is 3. The minimum Gasteiger partial charge on any atom is -0.508 e. The normalized spacial score (nSPS) is 48.6. The van der Waals surface area contributed by atoms with E-state index in [0.29, 0.717) is 35.5 Å². The van der Waals surface area contributed by atoms with Gasteiger partial charge >= 0.3 is 0 Å². The van der Waals surface area contributed by atoms with E-state index in [1.165, 1.54) is 68.9 Å². The first-order chi connectivity index (χ1) is 20.0. The summed E-state index contributed by atoms with van der Waals surface area (Å²) >= 11 is 0. The minimum atomic E-state index is -0.663. The molecule has 0 radical (unpaired) electrons. The van der Waals surface area contributed by atoms with Crippen LogP contribution in [0, 0.1) is 40.4 Å². The van der Waals surface area contributed by atoms with Crippen molar-refractivity contribution in [2.75, 3.05) is 0 Å². The highest BCUT2D eigenvalue weighted by Crippen LogP contribution is 2.69. The molecule has 6 fully saturated rings. The molecule has 4 heteroatoms. The Balaban J connectivity index is 1.03. The molecular formula is C38H56O4. The summed E-state index contributed by atoms with van der Waals surface area (Å²) in [4.78, 5) is 0. The Morgan fingerprint density at radius 2 is 1.71 bits per heavy atom. The fourth-order valence-corrected chi connectivity index (χ4v) is 11.8. The van der Waals surface area contributed by atoms with Crippen molar-refractivity contribution in [2.24, 2.45) is 40.4 Å². The van der Waals surface area contributed by atoms with E-state index in [-0.39, 0.29) is 17.1 Å². The number of phenols is 1. The van der Waals surface area contributed by atoms with Crippen LogP contribution in [0.15, 0.2) is 36.4 Å². The second kappa shape index (κ2) is 10.6. The van der Waals surface area contributed by atoms with Crippen molar-refractivity contribution in [3.05, 3.63) is 42.0 Å². The van der Waals surface area contributed by atoms with Crippen LogP contribution in [0.3, 0.4) is 0 Å². The second-order valence-corrected chi connectivity index (χ2v) is 16.8. The van der Waals surface area contributed by atoms with E-state index in [9.17, 15) is 15.3 Å². The Labute approximate surface area is 254 Å². The lowest BCUT2D eigenvalue weighted by Crippen LogP contribution is -2.52. The number of epoxide rings is 1. The van der Waals surface area contributed by atoms with Crippen LogP contribution in [-0.2, 0) is 11.2 Å². The number of aromatic hydroxyl groups is 1. The van der Waals surface area contributed by atoms with Gasteiger partial charge in [-0.3, -0.25) is 0 Å². The maximum atomic E-state index is 11.2. The zero-order valence-corrected chi connectivity index (χ0v) is 26.3. The molecule has 1 aliphatic heterocycles. The predicted molar refractivity (Wildman–Crippen MR) is 167 cm³/mol. The minimum absolute atomic E-state index is 0.0212. The molecule has 232 valence electrons. The Morgan fingerprint density at radius 1 is 0.905 bits per heavy atom. The monoisotopic (exact) mass is 576 g/mol. The van der Waals surface area contributed by atoms with Gasteiger partial charge in [-0.05, 0) is 156 Å². The largest absolute Gasteiger partial charge is 0.508 e. The molecule has 0 aromatic heterocycles. The molecule has 1 saturated heterocycles. The van der Waals surface area contributed by atoms with Crippen molar-refractivity contribution in [2.45, 2.75) is 146 Å². The average Bonchev–Trinajstić information content (AvgIpc) is 3.24. The van der Waals surface area contributed by atoms with Crippen molar-refractivity contribution in [1.82, 2.24) is 0 Å². The summed E-state index contributed by atoms with van der Waals surface area (Å²) in [7, 11) is 0. The van der Waals surface area contributed by atoms with E-state index in [1.54, 1.807) is 0 Å². The van der Waals surface area contributed by atoms with Crippen LogP contribution < -0.4 is 0 Å². The van der Waals surface area contributed by atoms with Gasteiger partial charge in [0.1, 0.15) is 5.75 Å². The smallest absolute Gasteiger partial charge is 0.115 e. The van der Waals surface area contributed by atoms with Crippen LogP contribution in [-0.4, -0.2) is 38.7 Å². The molecule has 0 amide bonds. The van der Waals surface area contributed by atoms with Gasteiger partial charge in [0.15, 0.2) is 0 Å². The molecule has 1 spiro atoms. The standard InChI is InChI=1S/C38H56O4/c1-25-21-37(18-13-27(22-37)14-19-38(41)16-5-7-30(40)23-38)34-36(3,42-34)17-15-33-31(25)24-35(33,2)32-8-4-6-28(32)20-26-9-11-29(39)12-10-26/h9-12,27-28,30-34,39-41H,1,4-8,13-24H2,2-3H3. The molecule has 1 aromatic carbocycles. The second-order valence-electron chi connectivity index (χ2n) is 16.8. The van der Waals surface area contributed by atoms with Crippen LogP contribution in [0.2, 0.25) is 0 Å². The lowest BCUT2D eigenvalue weighted by Gasteiger charge is -2.59. The van der Waals surface area contributed by atoms with E-state index >= 15 is 0 Å². The van der Waals surface area contributed by atoms with Crippen molar-refractivity contribution in [3.8, 4) is 5.75 Å². The topological polar surface area (TPSA) is 73.2 Å². The van der Waals surface area contributed by atoms with Gasteiger partial charge in [-0.2, -0.15) is 0 Å². The zero-order valence-electron chi connectivity index (χ0n) is 26.3. The van der Waals surface area contributed by atoms with Gasteiger partial charge in [0.25, 0.3) is 0 Å². The van der Waals surface area contributed by atoms with Crippen molar-refractivity contribution < 1.29 is 20.1 Å². The number of rotatable bonds is 6. The lowest BCUT2D eigenvalue weighted by molar-refractivity contribution is -0.0822. The van der Waals surface area contributed by atoms with Crippen LogP contribution >= 0.6 is 0 Å². The summed E-state index contributed by atoms with van der Waals surface area (Å²) in [6.45, 7) is 9.87. The molecule has 42 heavy (non-hydrogen) atoms. The molecule has 11 unspecified atom stereocenters. The third-order valence-corrected chi connectivity index (χ3v) is 14.0. The van der Waals surface area contributed by atoms with Gasteiger partial charge in [-0.1, -0.05) is 37.6 Å². The van der Waals surface area contributed by atoms with E-state index in [4.69, 9.17) is 11.3 Å². The molecule has 7 rings (SSSR count). The fourth-order valence-electron chi connectivity index (χ4n) is 11.8. The van der Waals surface area contributed by atoms with Gasteiger partial charge in [0, 0.05) is 11.8 Å². The predicted octanol–water partition coefficient (Wildman–Crippen LogP) is 8.12. The molecule has 5 aliphatic carbocycles.